The normalized spacial score (nSPS) is 23.0. The molecule has 1 N–H and O–H groups in total. The summed E-state index contributed by atoms with van der Waals surface area (Å²) < 4.78 is 0. The molecule has 0 saturated heterocycles. The van der Waals surface area contributed by atoms with E-state index >= 15 is 0 Å². The van der Waals surface area contributed by atoms with Crippen LogP contribution in [0.25, 0.3) is 0 Å². The average Bonchev–Trinajstić information content (AvgIpc) is 3.32. The number of rotatable bonds is 4. The molecular weight excluding hydrogens is 234 g/mol. The van der Waals surface area contributed by atoms with Crippen LogP contribution in [-0.4, -0.2) is 16.0 Å². The highest BCUT2D eigenvalue weighted by molar-refractivity contribution is 5.48. The van der Waals surface area contributed by atoms with Gasteiger partial charge in [-0.3, -0.25) is 0 Å². The minimum Gasteiger partial charge on any atom is -0.366 e. The number of aryl methyl sites for hydroxylation is 1. The third kappa shape index (κ3) is 2.47. The Labute approximate surface area is 115 Å². The van der Waals surface area contributed by atoms with Crippen molar-refractivity contribution < 1.29 is 0 Å². The molecule has 4 rings (SSSR count). The molecule has 0 amide bonds. The highest BCUT2D eigenvalue weighted by atomic mass is 15.1. The molecule has 0 aliphatic heterocycles. The zero-order chi connectivity index (χ0) is 12.7. The van der Waals surface area contributed by atoms with Gasteiger partial charge in [0.15, 0.2) is 0 Å². The predicted octanol–water partition coefficient (Wildman–Crippen LogP) is 3.35. The lowest BCUT2D eigenvalue weighted by atomic mass is 10.1. The molecule has 0 atom stereocenters. The van der Waals surface area contributed by atoms with Crippen LogP contribution in [-0.2, 0) is 12.8 Å². The van der Waals surface area contributed by atoms with Gasteiger partial charge < -0.3 is 5.32 Å². The maximum atomic E-state index is 4.57. The Kier molecular flexibility index (Phi) is 2.93. The Balaban J connectivity index is 1.59. The topological polar surface area (TPSA) is 37.8 Å². The van der Waals surface area contributed by atoms with E-state index in [0.717, 1.165) is 24.1 Å². The zero-order valence-electron chi connectivity index (χ0n) is 11.6. The summed E-state index contributed by atoms with van der Waals surface area (Å²) in [7, 11) is 0. The summed E-state index contributed by atoms with van der Waals surface area (Å²) in [6.07, 6.45) is 13.7. The summed E-state index contributed by atoms with van der Waals surface area (Å²) in [6, 6.07) is 0.697. The first-order valence-electron chi connectivity index (χ1n) is 8.01. The number of fused-ring (bicyclic) bond motifs is 1. The second kappa shape index (κ2) is 4.77. The SMILES string of the molecule is c1nc2c(c(NC(C3CC3)C3CC3)n1)CCCCC2. The van der Waals surface area contributed by atoms with Gasteiger partial charge in [-0.15, -0.1) is 0 Å². The standard InChI is InChI=1S/C16H23N3/c1-2-4-13-14(5-3-1)17-10-18-16(13)19-15(11-6-7-11)12-8-9-12/h10-12,15H,1-9H2,(H,17,18,19). The Morgan fingerprint density at radius 3 is 2.42 bits per heavy atom. The predicted molar refractivity (Wildman–Crippen MR) is 76.1 cm³/mol. The smallest absolute Gasteiger partial charge is 0.133 e. The largest absolute Gasteiger partial charge is 0.366 e. The van der Waals surface area contributed by atoms with Gasteiger partial charge in [-0.05, 0) is 63.2 Å². The Morgan fingerprint density at radius 2 is 1.68 bits per heavy atom. The van der Waals surface area contributed by atoms with E-state index in [-0.39, 0.29) is 0 Å². The molecule has 0 spiro atoms. The third-order valence-corrected chi connectivity index (χ3v) is 4.94. The van der Waals surface area contributed by atoms with Crippen molar-refractivity contribution in [2.24, 2.45) is 11.8 Å². The molecule has 1 heterocycles. The highest BCUT2D eigenvalue weighted by Gasteiger charge is 2.41. The summed E-state index contributed by atoms with van der Waals surface area (Å²) in [5.74, 6) is 3.00. The molecule has 1 aromatic heterocycles. The Bertz CT molecular complexity index is 451. The van der Waals surface area contributed by atoms with Crippen LogP contribution in [0.15, 0.2) is 6.33 Å². The first-order chi connectivity index (χ1) is 9.42. The molecule has 1 aromatic rings. The number of anilines is 1. The van der Waals surface area contributed by atoms with Crippen LogP contribution in [0.5, 0.6) is 0 Å². The number of hydrogen-bond acceptors (Lipinski definition) is 3. The fraction of sp³-hybridized carbons (Fsp3) is 0.750. The van der Waals surface area contributed by atoms with Gasteiger partial charge >= 0.3 is 0 Å². The first kappa shape index (κ1) is 11.7. The van der Waals surface area contributed by atoms with E-state index in [1.807, 2.05) is 0 Å². The number of aromatic nitrogens is 2. The van der Waals surface area contributed by atoms with Crippen LogP contribution in [0.3, 0.4) is 0 Å². The highest BCUT2D eigenvalue weighted by Crippen LogP contribution is 2.46. The first-order valence-corrected chi connectivity index (χ1v) is 8.01. The lowest BCUT2D eigenvalue weighted by molar-refractivity contribution is 0.564. The van der Waals surface area contributed by atoms with Crippen molar-refractivity contribution in [1.82, 2.24) is 9.97 Å². The van der Waals surface area contributed by atoms with E-state index in [1.165, 1.54) is 62.6 Å². The van der Waals surface area contributed by atoms with E-state index in [2.05, 4.69) is 15.3 Å². The van der Waals surface area contributed by atoms with Crippen LogP contribution in [0, 0.1) is 11.8 Å². The second-order valence-electron chi connectivity index (χ2n) is 6.55. The molecule has 0 aromatic carbocycles. The van der Waals surface area contributed by atoms with Crippen LogP contribution < -0.4 is 5.32 Å². The van der Waals surface area contributed by atoms with Crippen molar-refractivity contribution in [1.29, 1.82) is 0 Å². The monoisotopic (exact) mass is 257 g/mol. The second-order valence-corrected chi connectivity index (χ2v) is 6.55. The number of nitrogens with one attached hydrogen (secondary N) is 1. The van der Waals surface area contributed by atoms with E-state index in [1.54, 1.807) is 6.33 Å². The average molecular weight is 257 g/mol. The molecular formula is C16H23N3. The van der Waals surface area contributed by atoms with Gasteiger partial charge in [0, 0.05) is 17.3 Å². The Hall–Kier alpha value is -1.12. The maximum absolute atomic E-state index is 4.57. The zero-order valence-corrected chi connectivity index (χ0v) is 11.6. The quantitative estimate of drug-likeness (QED) is 0.841. The molecule has 0 bridgehead atoms. The van der Waals surface area contributed by atoms with Gasteiger partial charge in [-0.25, -0.2) is 9.97 Å². The lowest BCUT2D eigenvalue weighted by Crippen LogP contribution is -2.26. The molecule has 3 nitrogen and oxygen atoms in total. The van der Waals surface area contributed by atoms with Gasteiger partial charge in [-0.2, -0.15) is 0 Å². The van der Waals surface area contributed by atoms with Crippen molar-refractivity contribution in [3.63, 3.8) is 0 Å². The van der Waals surface area contributed by atoms with Crippen LogP contribution in [0.4, 0.5) is 5.82 Å². The van der Waals surface area contributed by atoms with Crippen LogP contribution >= 0.6 is 0 Å². The van der Waals surface area contributed by atoms with Crippen molar-refractivity contribution in [3.05, 3.63) is 17.6 Å². The molecule has 102 valence electrons. The van der Waals surface area contributed by atoms with E-state index < -0.39 is 0 Å². The summed E-state index contributed by atoms with van der Waals surface area (Å²) in [5, 5.41) is 3.81. The molecule has 19 heavy (non-hydrogen) atoms. The van der Waals surface area contributed by atoms with E-state index in [4.69, 9.17) is 0 Å². The van der Waals surface area contributed by atoms with Crippen molar-refractivity contribution in [2.75, 3.05) is 5.32 Å². The summed E-state index contributed by atoms with van der Waals surface area (Å²) in [5.41, 5.74) is 2.73. The van der Waals surface area contributed by atoms with Crippen molar-refractivity contribution >= 4 is 5.82 Å². The minimum absolute atomic E-state index is 0.697. The van der Waals surface area contributed by atoms with E-state index in [9.17, 15) is 0 Å². The molecule has 2 saturated carbocycles. The maximum Gasteiger partial charge on any atom is 0.133 e. The van der Waals surface area contributed by atoms with Gasteiger partial charge in [-0.1, -0.05) is 6.42 Å². The van der Waals surface area contributed by atoms with Gasteiger partial charge in [0.1, 0.15) is 12.1 Å². The van der Waals surface area contributed by atoms with Crippen LogP contribution in [0.2, 0.25) is 0 Å². The van der Waals surface area contributed by atoms with E-state index in [0.29, 0.717) is 6.04 Å². The van der Waals surface area contributed by atoms with Gasteiger partial charge in [0.05, 0.1) is 0 Å². The van der Waals surface area contributed by atoms with Crippen molar-refractivity contribution in [2.45, 2.75) is 63.8 Å². The molecule has 3 aliphatic rings. The fourth-order valence-corrected chi connectivity index (χ4v) is 3.51. The summed E-state index contributed by atoms with van der Waals surface area (Å²) in [4.78, 5) is 9.09. The Morgan fingerprint density at radius 1 is 0.947 bits per heavy atom. The van der Waals surface area contributed by atoms with Crippen molar-refractivity contribution in [3.8, 4) is 0 Å². The molecule has 3 aliphatic carbocycles. The fourth-order valence-electron chi connectivity index (χ4n) is 3.51. The third-order valence-electron chi connectivity index (χ3n) is 4.94. The number of nitrogens with zero attached hydrogens (tertiary/aromatic N) is 2. The van der Waals surface area contributed by atoms with Crippen LogP contribution in [0.1, 0.15) is 56.2 Å². The van der Waals surface area contributed by atoms with Gasteiger partial charge in [0.2, 0.25) is 0 Å². The molecule has 3 heteroatoms. The summed E-state index contributed by atoms with van der Waals surface area (Å²) >= 11 is 0. The molecule has 0 unspecified atom stereocenters. The number of hydrogen-bond donors (Lipinski definition) is 1. The molecule has 2 fully saturated rings. The summed E-state index contributed by atoms with van der Waals surface area (Å²) in [6.45, 7) is 0. The minimum atomic E-state index is 0.697. The lowest BCUT2D eigenvalue weighted by Gasteiger charge is -2.21. The molecule has 0 radical (unpaired) electrons. The van der Waals surface area contributed by atoms with Gasteiger partial charge in [0.25, 0.3) is 0 Å².